The van der Waals surface area contributed by atoms with E-state index >= 15 is 0 Å². The van der Waals surface area contributed by atoms with Gasteiger partial charge in [0.15, 0.2) is 0 Å². The molecule has 0 radical (unpaired) electrons. The summed E-state index contributed by atoms with van der Waals surface area (Å²) in [7, 11) is 0. The molecule has 1 saturated carbocycles. The molecule has 1 aromatic heterocycles. The lowest BCUT2D eigenvalue weighted by atomic mass is 10.1. The number of nitrogens with zero attached hydrogens (tertiary/aromatic N) is 2. The fourth-order valence-corrected chi connectivity index (χ4v) is 3.34. The monoisotopic (exact) mass is 254 g/mol. The molecule has 2 heteroatoms. The van der Waals surface area contributed by atoms with Crippen molar-refractivity contribution in [2.75, 3.05) is 18.0 Å². The Bertz CT molecular complexity index is 574. The molecule has 100 valence electrons. The third-order valence-corrected chi connectivity index (χ3v) is 4.62. The molecule has 2 aromatic rings. The predicted octanol–water partition coefficient (Wildman–Crippen LogP) is 4.04. The van der Waals surface area contributed by atoms with Crippen molar-refractivity contribution in [3.05, 3.63) is 30.5 Å². The lowest BCUT2D eigenvalue weighted by Gasteiger charge is -2.28. The molecule has 0 bridgehead atoms. The maximum atomic E-state index is 2.59. The molecule has 0 amide bonds. The number of para-hydroxylation sites is 1. The Hall–Kier alpha value is -1.44. The van der Waals surface area contributed by atoms with Gasteiger partial charge in [0.2, 0.25) is 0 Å². The van der Waals surface area contributed by atoms with E-state index in [-0.39, 0.29) is 0 Å². The van der Waals surface area contributed by atoms with Gasteiger partial charge in [-0.3, -0.25) is 0 Å². The van der Waals surface area contributed by atoms with E-state index in [1.165, 1.54) is 68.3 Å². The van der Waals surface area contributed by atoms with Crippen LogP contribution >= 0.6 is 0 Å². The number of rotatable bonds is 3. The Labute approximate surface area is 115 Å². The minimum Gasteiger partial charge on any atom is -0.370 e. The number of anilines is 1. The molecule has 1 saturated heterocycles. The van der Waals surface area contributed by atoms with Crippen LogP contribution in [0.1, 0.15) is 32.1 Å². The topological polar surface area (TPSA) is 8.17 Å². The fourth-order valence-electron chi connectivity index (χ4n) is 3.34. The second kappa shape index (κ2) is 4.59. The zero-order chi connectivity index (χ0) is 12.7. The van der Waals surface area contributed by atoms with Gasteiger partial charge in [0, 0.05) is 31.2 Å². The van der Waals surface area contributed by atoms with E-state index in [4.69, 9.17) is 0 Å². The number of piperidine rings is 1. The van der Waals surface area contributed by atoms with Crippen molar-refractivity contribution in [3.63, 3.8) is 0 Å². The van der Waals surface area contributed by atoms with Crippen LogP contribution in [0.15, 0.2) is 30.5 Å². The number of aromatic nitrogens is 1. The highest BCUT2D eigenvalue weighted by molar-refractivity contribution is 5.93. The van der Waals surface area contributed by atoms with Crippen LogP contribution < -0.4 is 4.90 Å². The Morgan fingerprint density at radius 1 is 1.00 bits per heavy atom. The fraction of sp³-hybridized carbons (Fsp3) is 0.529. The van der Waals surface area contributed by atoms with Crippen LogP contribution in [0.5, 0.6) is 0 Å². The van der Waals surface area contributed by atoms with Gasteiger partial charge in [-0.25, -0.2) is 0 Å². The molecule has 1 aliphatic heterocycles. The molecule has 4 rings (SSSR count). The lowest BCUT2D eigenvalue weighted by Crippen LogP contribution is -2.29. The molecule has 1 aliphatic carbocycles. The molecule has 0 N–H and O–H groups in total. The zero-order valence-corrected chi connectivity index (χ0v) is 11.5. The maximum absolute atomic E-state index is 2.59. The van der Waals surface area contributed by atoms with E-state index < -0.39 is 0 Å². The first-order valence-electron chi connectivity index (χ1n) is 7.74. The van der Waals surface area contributed by atoms with Gasteiger partial charge in [0.25, 0.3) is 0 Å². The lowest BCUT2D eigenvalue weighted by molar-refractivity contribution is 0.577. The summed E-state index contributed by atoms with van der Waals surface area (Å²) in [4.78, 5) is 2.59. The average Bonchev–Trinajstić information content (AvgIpc) is 3.21. The number of hydrogen-bond acceptors (Lipinski definition) is 1. The van der Waals surface area contributed by atoms with Crippen molar-refractivity contribution < 1.29 is 0 Å². The van der Waals surface area contributed by atoms with Crippen LogP contribution in [-0.2, 0) is 6.54 Å². The van der Waals surface area contributed by atoms with Crippen molar-refractivity contribution >= 4 is 16.6 Å². The van der Waals surface area contributed by atoms with E-state index in [0.717, 1.165) is 5.92 Å². The molecular formula is C17H22N2. The smallest absolute Gasteiger partial charge is 0.0626 e. The average molecular weight is 254 g/mol. The van der Waals surface area contributed by atoms with E-state index in [0.29, 0.717) is 0 Å². The second-order valence-corrected chi connectivity index (χ2v) is 6.17. The van der Waals surface area contributed by atoms with Crippen LogP contribution in [0.3, 0.4) is 0 Å². The first-order chi connectivity index (χ1) is 9.42. The summed E-state index contributed by atoms with van der Waals surface area (Å²) >= 11 is 0. The molecule has 0 unspecified atom stereocenters. The second-order valence-electron chi connectivity index (χ2n) is 6.17. The summed E-state index contributed by atoms with van der Waals surface area (Å²) in [6.45, 7) is 3.68. The number of benzene rings is 1. The highest BCUT2D eigenvalue weighted by Gasteiger charge is 2.24. The van der Waals surface area contributed by atoms with Crippen molar-refractivity contribution in [2.24, 2.45) is 5.92 Å². The van der Waals surface area contributed by atoms with Crippen LogP contribution in [-0.4, -0.2) is 17.7 Å². The van der Waals surface area contributed by atoms with E-state index in [1.54, 1.807) is 0 Å². The molecule has 0 atom stereocenters. The largest absolute Gasteiger partial charge is 0.370 e. The summed E-state index contributed by atoms with van der Waals surface area (Å²) in [5.74, 6) is 0.935. The molecule has 2 aliphatic rings. The SMILES string of the molecule is c1ccc2c(c1)c(N1CCCCC1)cn2CC1CC1. The Balaban J connectivity index is 1.75. The molecule has 2 nitrogen and oxygen atoms in total. The predicted molar refractivity (Wildman–Crippen MR) is 80.7 cm³/mol. The molecule has 1 aromatic carbocycles. The molecule has 19 heavy (non-hydrogen) atoms. The number of fused-ring (bicyclic) bond motifs is 1. The minimum absolute atomic E-state index is 0.935. The van der Waals surface area contributed by atoms with Gasteiger partial charge in [-0.05, 0) is 44.1 Å². The summed E-state index contributed by atoms with van der Waals surface area (Å²) < 4.78 is 2.50. The van der Waals surface area contributed by atoms with Gasteiger partial charge in [-0.2, -0.15) is 0 Å². The molecule has 2 fully saturated rings. The maximum Gasteiger partial charge on any atom is 0.0626 e. The summed E-state index contributed by atoms with van der Waals surface area (Å²) in [6, 6.07) is 8.93. The quantitative estimate of drug-likeness (QED) is 0.802. The first kappa shape index (κ1) is 11.4. The van der Waals surface area contributed by atoms with Crippen molar-refractivity contribution in [1.82, 2.24) is 4.57 Å². The van der Waals surface area contributed by atoms with Gasteiger partial charge in [0.05, 0.1) is 11.2 Å². The van der Waals surface area contributed by atoms with Crippen LogP contribution in [0, 0.1) is 5.92 Å². The normalized spacial score (nSPS) is 20.1. The van der Waals surface area contributed by atoms with Crippen molar-refractivity contribution in [2.45, 2.75) is 38.6 Å². The third-order valence-electron chi connectivity index (χ3n) is 4.62. The van der Waals surface area contributed by atoms with Gasteiger partial charge in [-0.1, -0.05) is 18.2 Å². The van der Waals surface area contributed by atoms with Gasteiger partial charge >= 0.3 is 0 Å². The molecular weight excluding hydrogens is 232 g/mol. The van der Waals surface area contributed by atoms with Gasteiger partial charge in [-0.15, -0.1) is 0 Å². The summed E-state index contributed by atoms with van der Waals surface area (Å²) in [5.41, 5.74) is 2.89. The first-order valence-corrected chi connectivity index (χ1v) is 7.74. The molecule has 2 heterocycles. The zero-order valence-electron chi connectivity index (χ0n) is 11.5. The Morgan fingerprint density at radius 3 is 2.58 bits per heavy atom. The number of hydrogen-bond donors (Lipinski definition) is 0. The van der Waals surface area contributed by atoms with Gasteiger partial charge < -0.3 is 9.47 Å². The Morgan fingerprint density at radius 2 is 1.79 bits per heavy atom. The van der Waals surface area contributed by atoms with Gasteiger partial charge in [0.1, 0.15) is 0 Å². The highest BCUT2D eigenvalue weighted by atomic mass is 15.2. The molecule has 0 spiro atoms. The van der Waals surface area contributed by atoms with Crippen LogP contribution in [0.2, 0.25) is 0 Å². The van der Waals surface area contributed by atoms with Crippen LogP contribution in [0.25, 0.3) is 10.9 Å². The van der Waals surface area contributed by atoms with E-state index in [9.17, 15) is 0 Å². The highest BCUT2D eigenvalue weighted by Crippen LogP contribution is 2.35. The van der Waals surface area contributed by atoms with E-state index in [1.807, 2.05) is 0 Å². The summed E-state index contributed by atoms with van der Waals surface area (Å²) in [6.07, 6.45) is 9.35. The van der Waals surface area contributed by atoms with Crippen molar-refractivity contribution in [1.29, 1.82) is 0 Å². The third kappa shape index (κ3) is 2.13. The van der Waals surface area contributed by atoms with Crippen LogP contribution in [0.4, 0.5) is 5.69 Å². The standard InChI is InChI=1S/C17H22N2/c1-4-10-18(11-5-1)17-13-19(12-14-8-9-14)16-7-3-2-6-15(16)17/h2-3,6-7,13-14H,1,4-5,8-12H2. The Kier molecular flexibility index (Phi) is 2.75. The minimum atomic E-state index is 0.935. The van der Waals surface area contributed by atoms with E-state index in [2.05, 4.69) is 39.9 Å². The summed E-state index contributed by atoms with van der Waals surface area (Å²) in [5, 5.41) is 1.45. The van der Waals surface area contributed by atoms with Crippen molar-refractivity contribution in [3.8, 4) is 0 Å².